The number of amides is 3. The number of urea groups is 1. The van der Waals surface area contributed by atoms with Crippen molar-refractivity contribution < 1.29 is 14.3 Å². The van der Waals surface area contributed by atoms with Crippen molar-refractivity contribution in [2.24, 2.45) is 0 Å². The van der Waals surface area contributed by atoms with Gasteiger partial charge < -0.3 is 20.7 Å². The minimum absolute atomic E-state index is 0.0566. The Morgan fingerprint density at radius 1 is 0.967 bits per heavy atom. The Morgan fingerprint density at radius 3 is 2.27 bits per heavy atom. The summed E-state index contributed by atoms with van der Waals surface area (Å²) in [5, 5.41) is 8.80. The van der Waals surface area contributed by atoms with Gasteiger partial charge in [-0.05, 0) is 75.4 Å². The molecule has 3 rings (SSSR count). The van der Waals surface area contributed by atoms with Crippen molar-refractivity contribution >= 4 is 17.6 Å². The summed E-state index contributed by atoms with van der Waals surface area (Å²) in [7, 11) is 0. The second-order valence-electron chi connectivity index (χ2n) is 7.84. The van der Waals surface area contributed by atoms with E-state index >= 15 is 0 Å². The Labute approximate surface area is 178 Å². The Balaban J connectivity index is 1.40. The van der Waals surface area contributed by atoms with Gasteiger partial charge in [0.2, 0.25) is 0 Å². The molecule has 2 aromatic rings. The van der Waals surface area contributed by atoms with E-state index in [1.165, 1.54) is 0 Å². The van der Waals surface area contributed by atoms with Crippen LogP contribution in [0.15, 0.2) is 48.5 Å². The maximum Gasteiger partial charge on any atom is 0.319 e. The smallest absolute Gasteiger partial charge is 0.319 e. The van der Waals surface area contributed by atoms with E-state index in [1.54, 1.807) is 12.1 Å². The summed E-state index contributed by atoms with van der Waals surface area (Å²) < 4.78 is 6.07. The molecule has 0 spiro atoms. The van der Waals surface area contributed by atoms with E-state index in [1.807, 2.05) is 50.2 Å². The van der Waals surface area contributed by atoms with Crippen molar-refractivity contribution in [1.29, 1.82) is 0 Å². The molecule has 0 radical (unpaired) electrons. The second kappa shape index (κ2) is 10.7. The summed E-state index contributed by atoms with van der Waals surface area (Å²) >= 11 is 0. The number of benzene rings is 2. The van der Waals surface area contributed by atoms with Gasteiger partial charge in [0.1, 0.15) is 5.75 Å². The normalized spacial score (nSPS) is 18.3. The summed E-state index contributed by atoms with van der Waals surface area (Å²) in [5.41, 5.74) is 2.60. The van der Waals surface area contributed by atoms with Gasteiger partial charge in [0.25, 0.3) is 5.91 Å². The highest BCUT2D eigenvalue weighted by atomic mass is 16.5. The average Bonchev–Trinajstić information content (AvgIpc) is 2.75. The second-order valence-corrected chi connectivity index (χ2v) is 7.84. The summed E-state index contributed by atoms with van der Waals surface area (Å²) in [6, 6.07) is 15.0. The lowest BCUT2D eigenvalue weighted by Gasteiger charge is -2.29. The highest BCUT2D eigenvalue weighted by Crippen LogP contribution is 2.24. The van der Waals surface area contributed by atoms with Gasteiger partial charge in [0.15, 0.2) is 0 Å². The number of anilines is 1. The fraction of sp³-hybridized carbons (Fsp3) is 0.417. The van der Waals surface area contributed by atoms with Crippen LogP contribution in [0.1, 0.15) is 54.9 Å². The van der Waals surface area contributed by atoms with Crippen molar-refractivity contribution in [3.05, 3.63) is 59.7 Å². The number of hydrogen-bond donors (Lipinski definition) is 3. The van der Waals surface area contributed by atoms with E-state index < -0.39 is 0 Å². The quantitative estimate of drug-likeness (QED) is 0.623. The first-order valence-electron chi connectivity index (χ1n) is 10.7. The van der Waals surface area contributed by atoms with Gasteiger partial charge in [0.05, 0.1) is 6.10 Å². The molecule has 0 bridgehead atoms. The Hall–Kier alpha value is -3.02. The van der Waals surface area contributed by atoms with Crippen molar-refractivity contribution in [3.63, 3.8) is 0 Å². The molecule has 0 heterocycles. The Kier molecular flexibility index (Phi) is 7.71. The lowest BCUT2D eigenvalue weighted by molar-refractivity contribution is 0.0953. The Morgan fingerprint density at radius 2 is 1.63 bits per heavy atom. The number of hydrogen-bond acceptors (Lipinski definition) is 3. The molecule has 3 amide bonds. The number of ether oxygens (including phenoxy) is 1. The fourth-order valence-corrected chi connectivity index (χ4v) is 3.53. The molecule has 0 saturated heterocycles. The molecule has 1 fully saturated rings. The predicted octanol–water partition coefficient (Wildman–Crippen LogP) is 4.65. The third-order valence-corrected chi connectivity index (χ3v) is 5.27. The third-order valence-electron chi connectivity index (χ3n) is 5.27. The van der Waals surface area contributed by atoms with Crippen LogP contribution in [0.3, 0.4) is 0 Å². The molecule has 1 saturated carbocycles. The van der Waals surface area contributed by atoms with E-state index in [9.17, 15) is 9.59 Å². The fourth-order valence-electron chi connectivity index (χ4n) is 3.53. The molecule has 30 heavy (non-hydrogen) atoms. The number of carbonyl (C=O) groups is 2. The van der Waals surface area contributed by atoms with Crippen LogP contribution < -0.4 is 20.7 Å². The van der Waals surface area contributed by atoms with Crippen molar-refractivity contribution in [2.45, 2.75) is 58.1 Å². The van der Waals surface area contributed by atoms with Gasteiger partial charge >= 0.3 is 6.03 Å². The van der Waals surface area contributed by atoms with E-state index in [0.29, 0.717) is 12.1 Å². The summed E-state index contributed by atoms with van der Waals surface area (Å²) in [4.78, 5) is 24.2. The molecule has 1 aliphatic rings. The number of nitrogens with one attached hydrogen (secondary N) is 3. The van der Waals surface area contributed by atoms with Gasteiger partial charge in [-0.2, -0.15) is 0 Å². The highest BCUT2D eigenvalue weighted by Gasteiger charge is 2.23. The molecule has 6 nitrogen and oxygen atoms in total. The molecule has 0 aromatic heterocycles. The van der Waals surface area contributed by atoms with Gasteiger partial charge in [-0.3, -0.25) is 4.79 Å². The van der Waals surface area contributed by atoms with Crippen LogP contribution in [0.4, 0.5) is 10.5 Å². The van der Waals surface area contributed by atoms with Crippen LogP contribution in [-0.4, -0.2) is 30.6 Å². The van der Waals surface area contributed by atoms with Crippen LogP contribution in [0, 0.1) is 6.92 Å². The molecule has 0 atom stereocenters. The van der Waals surface area contributed by atoms with Gasteiger partial charge in [0, 0.05) is 23.8 Å². The highest BCUT2D eigenvalue weighted by molar-refractivity contribution is 5.94. The SMILES string of the molecule is CCCNC(=O)c1ccc(O[C@H]2CC[C@H](NC(=O)Nc3ccc(C)cc3)CC2)cc1. The Bertz CT molecular complexity index is 826. The van der Waals surface area contributed by atoms with E-state index in [-0.39, 0.29) is 24.1 Å². The van der Waals surface area contributed by atoms with E-state index in [0.717, 1.165) is 49.1 Å². The van der Waals surface area contributed by atoms with Crippen LogP contribution >= 0.6 is 0 Å². The lowest BCUT2D eigenvalue weighted by Crippen LogP contribution is -2.41. The van der Waals surface area contributed by atoms with E-state index in [4.69, 9.17) is 4.74 Å². The zero-order valence-electron chi connectivity index (χ0n) is 17.7. The van der Waals surface area contributed by atoms with Gasteiger partial charge in [-0.15, -0.1) is 0 Å². The van der Waals surface area contributed by atoms with Crippen molar-refractivity contribution in [2.75, 3.05) is 11.9 Å². The maximum atomic E-state index is 12.2. The first-order chi connectivity index (χ1) is 14.5. The largest absolute Gasteiger partial charge is 0.490 e. The molecule has 3 N–H and O–H groups in total. The average molecular weight is 410 g/mol. The maximum absolute atomic E-state index is 12.2. The van der Waals surface area contributed by atoms with E-state index in [2.05, 4.69) is 16.0 Å². The van der Waals surface area contributed by atoms with Crippen LogP contribution in [0.5, 0.6) is 5.75 Å². The van der Waals surface area contributed by atoms with Crippen LogP contribution in [0.2, 0.25) is 0 Å². The van der Waals surface area contributed by atoms with Crippen molar-refractivity contribution in [1.82, 2.24) is 10.6 Å². The minimum atomic E-state index is -0.167. The van der Waals surface area contributed by atoms with Gasteiger partial charge in [-0.1, -0.05) is 24.6 Å². The number of carbonyl (C=O) groups excluding carboxylic acids is 2. The van der Waals surface area contributed by atoms with Crippen LogP contribution in [0.25, 0.3) is 0 Å². The standard InChI is InChI=1S/C24H31N3O3/c1-3-16-25-23(28)18-6-12-21(13-7-18)30-22-14-10-20(11-15-22)27-24(29)26-19-8-4-17(2)5-9-19/h4-9,12-13,20,22H,3,10-11,14-16H2,1-2H3,(H,25,28)(H2,26,27,29)/t20-,22-. The summed E-state index contributed by atoms with van der Waals surface area (Å²) in [6.45, 7) is 4.72. The topological polar surface area (TPSA) is 79.5 Å². The molecule has 2 aromatic carbocycles. The minimum Gasteiger partial charge on any atom is -0.490 e. The molecular weight excluding hydrogens is 378 g/mol. The predicted molar refractivity (Wildman–Crippen MR) is 119 cm³/mol. The molecule has 0 aliphatic heterocycles. The monoisotopic (exact) mass is 409 g/mol. The molecule has 160 valence electrons. The molecule has 1 aliphatic carbocycles. The lowest BCUT2D eigenvalue weighted by atomic mass is 9.93. The van der Waals surface area contributed by atoms with Crippen molar-refractivity contribution in [3.8, 4) is 5.75 Å². The number of rotatable bonds is 7. The molecule has 6 heteroatoms. The zero-order valence-corrected chi connectivity index (χ0v) is 17.7. The first-order valence-corrected chi connectivity index (χ1v) is 10.7. The number of aryl methyl sites for hydroxylation is 1. The van der Waals surface area contributed by atoms with Gasteiger partial charge in [-0.25, -0.2) is 4.79 Å². The molecular formula is C24H31N3O3. The zero-order chi connectivity index (χ0) is 21.3. The summed E-state index contributed by atoms with van der Waals surface area (Å²) in [5.74, 6) is 0.717. The molecule has 0 unspecified atom stereocenters. The summed E-state index contributed by atoms with van der Waals surface area (Å²) in [6.07, 6.45) is 4.57. The van der Waals surface area contributed by atoms with Crippen LogP contribution in [-0.2, 0) is 0 Å². The first kappa shape index (κ1) is 21.7. The third kappa shape index (κ3) is 6.51.